The van der Waals surface area contributed by atoms with E-state index in [4.69, 9.17) is 4.74 Å². The van der Waals surface area contributed by atoms with Gasteiger partial charge in [0.05, 0.1) is 6.26 Å². The van der Waals surface area contributed by atoms with Crippen molar-refractivity contribution in [3.63, 3.8) is 0 Å². The van der Waals surface area contributed by atoms with Crippen LogP contribution in [0.15, 0.2) is 60.9 Å². The number of carbonyl (C=O) groups is 1. The summed E-state index contributed by atoms with van der Waals surface area (Å²) in [4.78, 5) is 10.8. The molecule has 0 aliphatic carbocycles. The van der Waals surface area contributed by atoms with Gasteiger partial charge < -0.3 is 4.74 Å². The van der Waals surface area contributed by atoms with E-state index >= 15 is 0 Å². The molecule has 0 saturated carbocycles. The van der Waals surface area contributed by atoms with E-state index in [0.717, 1.165) is 24.8 Å². The number of hydrogen-bond donors (Lipinski definition) is 0. The topological polar surface area (TPSA) is 26.3 Å². The number of ether oxygens (including phenoxy) is 1. The normalized spacial score (nSPS) is 12.3. The SMILES string of the molecule is CC(=O)OC=Cc1ccccc1CCC(C)Cc1ccccc1. The Hall–Kier alpha value is -2.35. The lowest BCUT2D eigenvalue weighted by Gasteiger charge is -2.12. The fourth-order valence-corrected chi connectivity index (χ4v) is 2.65. The molecule has 0 saturated heterocycles. The van der Waals surface area contributed by atoms with E-state index in [0.29, 0.717) is 5.92 Å². The van der Waals surface area contributed by atoms with Crippen molar-refractivity contribution in [2.24, 2.45) is 5.92 Å². The van der Waals surface area contributed by atoms with E-state index in [-0.39, 0.29) is 5.97 Å². The van der Waals surface area contributed by atoms with E-state index < -0.39 is 0 Å². The Morgan fingerprint density at radius 3 is 2.52 bits per heavy atom. The molecule has 2 nitrogen and oxygen atoms in total. The molecular formula is C21H24O2. The number of esters is 1. The van der Waals surface area contributed by atoms with Crippen LogP contribution in [0.25, 0.3) is 6.08 Å². The first-order valence-electron chi connectivity index (χ1n) is 8.10. The highest BCUT2D eigenvalue weighted by atomic mass is 16.5. The predicted molar refractivity (Wildman–Crippen MR) is 94.9 cm³/mol. The largest absolute Gasteiger partial charge is 0.435 e. The summed E-state index contributed by atoms with van der Waals surface area (Å²) in [6.07, 6.45) is 6.58. The number of aryl methyl sites for hydroxylation is 1. The highest BCUT2D eigenvalue weighted by molar-refractivity contribution is 5.67. The molecule has 0 heterocycles. The minimum absolute atomic E-state index is 0.296. The van der Waals surface area contributed by atoms with Crippen LogP contribution in [0, 0.1) is 5.92 Å². The third kappa shape index (κ3) is 6.11. The molecule has 0 N–H and O–H groups in total. The van der Waals surface area contributed by atoms with Gasteiger partial charge in [-0.1, -0.05) is 61.5 Å². The average Bonchev–Trinajstić information content (AvgIpc) is 2.54. The first kappa shape index (κ1) is 17.0. The molecule has 23 heavy (non-hydrogen) atoms. The highest BCUT2D eigenvalue weighted by Crippen LogP contribution is 2.18. The van der Waals surface area contributed by atoms with E-state index in [1.807, 2.05) is 12.1 Å². The van der Waals surface area contributed by atoms with E-state index in [1.165, 1.54) is 24.3 Å². The quantitative estimate of drug-likeness (QED) is 0.529. The minimum atomic E-state index is -0.296. The van der Waals surface area contributed by atoms with Crippen LogP contribution in [0.2, 0.25) is 0 Å². The van der Waals surface area contributed by atoms with Crippen molar-refractivity contribution >= 4 is 12.0 Å². The molecule has 2 aromatic carbocycles. The van der Waals surface area contributed by atoms with E-state index in [2.05, 4.69) is 55.5 Å². The summed E-state index contributed by atoms with van der Waals surface area (Å²) >= 11 is 0. The zero-order valence-corrected chi connectivity index (χ0v) is 13.9. The molecule has 0 aromatic heterocycles. The van der Waals surface area contributed by atoms with Crippen molar-refractivity contribution in [3.05, 3.63) is 77.5 Å². The van der Waals surface area contributed by atoms with Crippen LogP contribution in [0.5, 0.6) is 0 Å². The van der Waals surface area contributed by atoms with Crippen molar-refractivity contribution < 1.29 is 9.53 Å². The maximum Gasteiger partial charge on any atom is 0.307 e. The second-order valence-electron chi connectivity index (χ2n) is 5.94. The second kappa shape index (κ2) is 8.94. The highest BCUT2D eigenvalue weighted by Gasteiger charge is 2.06. The minimum Gasteiger partial charge on any atom is -0.435 e. The maximum atomic E-state index is 10.8. The van der Waals surface area contributed by atoms with Gasteiger partial charge in [0.1, 0.15) is 0 Å². The summed E-state index contributed by atoms with van der Waals surface area (Å²) in [6, 6.07) is 18.9. The molecule has 2 rings (SSSR count). The fourth-order valence-electron chi connectivity index (χ4n) is 2.65. The summed E-state index contributed by atoms with van der Waals surface area (Å²) in [6.45, 7) is 3.70. The molecule has 1 unspecified atom stereocenters. The van der Waals surface area contributed by atoms with Crippen LogP contribution in [0.3, 0.4) is 0 Å². The van der Waals surface area contributed by atoms with Gasteiger partial charge in [0.2, 0.25) is 0 Å². The molecular weight excluding hydrogens is 284 g/mol. The van der Waals surface area contributed by atoms with Gasteiger partial charge in [-0.05, 0) is 47.9 Å². The van der Waals surface area contributed by atoms with Crippen molar-refractivity contribution in [2.75, 3.05) is 0 Å². The molecule has 1 atom stereocenters. The number of hydrogen-bond acceptors (Lipinski definition) is 2. The van der Waals surface area contributed by atoms with E-state index in [9.17, 15) is 4.79 Å². The Morgan fingerprint density at radius 1 is 1.09 bits per heavy atom. The van der Waals surface area contributed by atoms with Crippen molar-refractivity contribution in [2.45, 2.75) is 33.1 Å². The van der Waals surface area contributed by atoms with Gasteiger partial charge >= 0.3 is 5.97 Å². The zero-order chi connectivity index (χ0) is 16.5. The Labute approximate surface area is 138 Å². The molecule has 0 aliphatic rings. The van der Waals surface area contributed by atoms with Crippen LogP contribution < -0.4 is 0 Å². The monoisotopic (exact) mass is 308 g/mol. The molecule has 2 aromatic rings. The average molecular weight is 308 g/mol. The lowest BCUT2D eigenvalue weighted by atomic mass is 9.93. The van der Waals surface area contributed by atoms with Gasteiger partial charge in [0, 0.05) is 6.92 Å². The summed E-state index contributed by atoms with van der Waals surface area (Å²) in [5, 5.41) is 0. The van der Waals surface area contributed by atoms with Crippen LogP contribution in [-0.2, 0) is 22.4 Å². The molecule has 0 aliphatic heterocycles. The molecule has 2 heteroatoms. The van der Waals surface area contributed by atoms with Crippen molar-refractivity contribution in [1.82, 2.24) is 0 Å². The second-order valence-corrected chi connectivity index (χ2v) is 5.94. The summed E-state index contributed by atoms with van der Waals surface area (Å²) in [5.74, 6) is 0.332. The van der Waals surface area contributed by atoms with E-state index in [1.54, 1.807) is 0 Å². The Morgan fingerprint density at radius 2 is 1.78 bits per heavy atom. The maximum absolute atomic E-state index is 10.8. The summed E-state index contributed by atoms with van der Waals surface area (Å²) in [7, 11) is 0. The molecule has 0 amide bonds. The molecule has 0 radical (unpaired) electrons. The van der Waals surface area contributed by atoms with Gasteiger partial charge in [-0.2, -0.15) is 0 Å². The zero-order valence-electron chi connectivity index (χ0n) is 13.9. The van der Waals surface area contributed by atoms with Crippen LogP contribution in [-0.4, -0.2) is 5.97 Å². The van der Waals surface area contributed by atoms with Crippen molar-refractivity contribution in [1.29, 1.82) is 0 Å². The lowest BCUT2D eigenvalue weighted by molar-refractivity contribution is -0.135. The Balaban J connectivity index is 1.92. The van der Waals surface area contributed by atoms with Gasteiger partial charge in [-0.3, -0.25) is 4.79 Å². The third-order valence-corrected chi connectivity index (χ3v) is 3.87. The molecule has 0 fully saturated rings. The number of rotatable bonds is 7. The predicted octanol–water partition coefficient (Wildman–Crippen LogP) is 5.03. The van der Waals surface area contributed by atoms with Crippen LogP contribution in [0.1, 0.15) is 37.0 Å². The molecule has 0 spiro atoms. The fraction of sp³-hybridized carbons (Fsp3) is 0.286. The van der Waals surface area contributed by atoms with Gasteiger partial charge in [0.25, 0.3) is 0 Å². The standard InChI is InChI=1S/C21H24O2/c1-17(16-19-8-4-3-5-9-19)12-13-20-10-6-7-11-21(20)14-15-23-18(2)22/h3-11,14-15,17H,12-13,16H2,1-2H3. The van der Waals surface area contributed by atoms with Crippen LogP contribution in [0.4, 0.5) is 0 Å². The van der Waals surface area contributed by atoms with Gasteiger partial charge in [-0.25, -0.2) is 0 Å². The first-order chi connectivity index (χ1) is 11.1. The number of carbonyl (C=O) groups excluding carboxylic acids is 1. The Bertz CT molecular complexity index is 644. The van der Waals surface area contributed by atoms with Crippen molar-refractivity contribution in [3.8, 4) is 0 Å². The van der Waals surface area contributed by atoms with Gasteiger partial charge in [-0.15, -0.1) is 0 Å². The number of benzene rings is 2. The molecule has 120 valence electrons. The summed E-state index contributed by atoms with van der Waals surface area (Å²) < 4.78 is 4.89. The lowest BCUT2D eigenvalue weighted by Crippen LogP contribution is -2.02. The first-order valence-corrected chi connectivity index (χ1v) is 8.10. The molecule has 0 bridgehead atoms. The van der Waals surface area contributed by atoms with Gasteiger partial charge in [0.15, 0.2) is 0 Å². The summed E-state index contributed by atoms with van der Waals surface area (Å²) in [5.41, 5.74) is 3.79. The third-order valence-electron chi connectivity index (χ3n) is 3.87. The Kier molecular flexibility index (Phi) is 6.61. The smallest absolute Gasteiger partial charge is 0.307 e. The van der Waals surface area contributed by atoms with Crippen LogP contribution >= 0.6 is 0 Å².